The largest absolute Gasteiger partial charge is 0.491 e. The molecule has 3 N–H and O–H groups in total. The minimum Gasteiger partial charge on any atom is -0.491 e. The standard InChI is InChI=1S/C7H7F3N2O/c1-13-7-4(12-11)2-3(8)5(9)6(7)10/h2,12H,11H2,1H3. The second-order valence-electron chi connectivity index (χ2n) is 2.21. The van der Waals surface area contributed by atoms with Crippen LogP contribution in [0.15, 0.2) is 6.07 Å². The molecule has 72 valence electrons. The number of nitrogens with two attached hydrogens (primary N) is 1. The number of halogens is 3. The number of benzene rings is 1. The number of nitrogen functional groups attached to an aromatic ring is 1. The molecule has 0 spiro atoms. The van der Waals surface area contributed by atoms with Gasteiger partial charge in [-0.1, -0.05) is 0 Å². The first-order chi connectivity index (χ1) is 6.11. The highest BCUT2D eigenvalue weighted by Crippen LogP contribution is 2.30. The van der Waals surface area contributed by atoms with Gasteiger partial charge in [0.25, 0.3) is 0 Å². The molecule has 0 bridgehead atoms. The van der Waals surface area contributed by atoms with Gasteiger partial charge in [0, 0.05) is 6.07 Å². The van der Waals surface area contributed by atoms with E-state index in [-0.39, 0.29) is 5.69 Å². The first-order valence-electron chi connectivity index (χ1n) is 3.30. The fourth-order valence-electron chi connectivity index (χ4n) is 0.885. The van der Waals surface area contributed by atoms with E-state index in [9.17, 15) is 13.2 Å². The molecule has 0 saturated heterocycles. The fourth-order valence-corrected chi connectivity index (χ4v) is 0.885. The van der Waals surface area contributed by atoms with Gasteiger partial charge >= 0.3 is 0 Å². The Morgan fingerprint density at radius 1 is 1.31 bits per heavy atom. The van der Waals surface area contributed by atoms with E-state index in [0.29, 0.717) is 6.07 Å². The Morgan fingerprint density at radius 3 is 2.38 bits per heavy atom. The summed E-state index contributed by atoms with van der Waals surface area (Å²) in [5.74, 6) is 0.150. The number of methoxy groups -OCH3 is 1. The van der Waals surface area contributed by atoms with Gasteiger partial charge < -0.3 is 10.2 Å². The highest BCUT2D eigenvalue weighted by Gasteiger charge is 2.18. The summed E-state index contributed by atoms with van der Waals surface area (Å²) in [5.41, 5.74) is 1.83. The van der Waals surface area contributed by atoms with Gasteiger partial charge in [-0.2, -0.15) is 4.39 Å². The first kappa shape index (κ1) is 9.66. The summed E-state index contributed by atoms with van der Waals surface area (Å²) in [7, 11) is 1.12. The van der Waals surface area contributed by atoms with Crippen LogP contribution in [0.1, 0.15) is 0 Å². The molecule has 0 unspecified atom stereocenters. The number of hydrazine groups is 1. The van der Waals surface area contributed by atoms with Gasteiger partial charge in [0.15, 0.2) is 17.4 Å². The average molecular weight is 192 g/mol. The zero-order valence-corrected chi connectivity index (χ0v) is 6.70. The van der Waals surface area contributed by atoms with E-state index in [2.05, 4.69) is 4.74 Å². The van der Waals surface area contributed by atoms with Crippen LogP contribution in [0.4, 0.5) is 18.9 Å². The minimum atomic E-state index is -1.59. The first-order valence-corrected chi connectivity index (χ1v) is 3.30. The zero-order valence-electron chi connectivity index (χ0n) is 6.70. The van der Waals surface area contributed by atoms with E-state index < -0.39 is 23.2 Å². The smallest absolute Gasteiger partial charge is 0.205 e. The van der Waals surface area contributed by atoms with Crippen molar-refractivity contribution in [2.24, 2.45) is 5.84 Å². The number of hydrogen-bond donors (Lipinski definition) is 2. The van der Waals surface area contributed by atoms with Gasteiger partial charge in [-0.05, 0) is 0 Å². The van der Waals surface area contributed by atoms with E-state index in [0.717, 1.165) is 7.11 Å². The third-order valence-corrected chi connectivity index (χ3v) is 1.48. The quantitative estimate of drug-likeness (QED) is 0.423. The fraction of sp³-hybridized carbons (Fsp3) is 0.143. The molecule has 0 saturated carbocycles. The molecule has 0 aliphatic rings. The molecular weight excluding hydrogens is 185 g/mol. The lowest BCUT2D eigenvalue weighted by molar-refractivity contribution is 0.362. The summed E-state index contributed by atoms with van der Waals surface area (Å²) in [6.07, 6.45) is 0. The second kappa shape index (κ2) is 3.53. The van der Waals surface area contributed by atoms with Crippen molar-refractivity contribution in [3.8, 4) is 5.75 Å². The van der Waals surface area contributed by atoms with Gasteiger partial charge in [0.1, 0.15) is 0 Å². The highest BCUT2D eigenvalue weighted by molar-refractivity contribution is 5.56. The molecule has 13 heavy (non-hydrogen) atoms. The summed E-state index contributed by atoms with van der Waals surface area (Å²) in [6, 6.07) is 0.706. The van der Waals surface area contributed by atoms with Gasteiger partial charge in [-0.3, -0.25) is 5.84 Å². The van der Waals surface area contributed by atoms with E-state index in [1.54, 1.807) is 0 Å². The molecule has 3 nitrogen and oxygen atoms in total. The van der Waals surface area contributed by atoms with Gasteiger partial charge in [-0.15, -0.1) is 0 Å². The number of hydrogen-bond acceptors (Lipinski definition) is 3. The van der Waals surface area contributed by atoms with Crippen LogP contribution < -0.4 is 16.0 Å². The Morgan fingerprint density at radius 2 is 1.92 bits per heavy atom. The van der Waals surface area contributed by atoms with E-state index >= 15 is 0 Å². The predicted octanol–water partition coefficient (Wildman–Crippen LogP) is 1.40. The van der Waals surface area contributed by atoms with Crippen molar-refractivity contribution in [2.75, 3.05) is 12.5 Å². The summed E-state index contributed by atoms with van der Waals surface area (Å²) in [5, 5.41) is 0. The summed E-state index contributed by atoms with van der Waals surface area (Å²) in [6.45, 7) is 0. The molecule has 0 fully saturated rings. The van der Waals surface area contributed by atoms with Crippen LogP contribution >= 0.6 is 0 Å². The molecule has 1 aromatic rings. The topological polar surface area (TPSA) is 47.3 Å². The van der Waals surface area contributed by atoms with Gasteiger partial charge in [0.05, 0.1) is 12.8 Å². The molecule has 0 amide bonds. The van der Waals surface area contributed by atoms with Crippen LogP contribution in [0.2, 0.25) is 0 Å². The van der Waals surface area contributed by atoms with Crippen molar-refractivity contribution in [2.45, 2.75) is 0 Å². The van der Waals surface area contributed by atoms with Crippen molar-refractivity contribution in [1.82, 2.24) is 0 Å². The Balaban J connectivity index is 3.39. The highest BCUT2D eigenvalue weighted by atomic mass is 19.2. The molecular formula is C7H7F3N2O. The van der Waals surface area contributed by atoms with Crippen molar-refractivity contribution < 1.29 is 17.9 Å². The Bertz CT molecular complexity index is 330. The molecule has 0 heterocycles. The summed E-state index contributed by atoms with van der Waals surface area (Å²) in [4.78, 5) is 0. The maximum absolute atomic E-state index is 12.9. The van der Waals surface area contributed by atoms with Crippen molar-refractivity contribution >= 4 is 5.69 Å². The Hall–Kier alpha value is -1.43. The van der Waals surface area contributed by atoms with Crippen LogP contribution in [0.25, 0.3) is 0 Å². The molecule has 0 aliphatic heterocycles. The number of nitrogens with one attached hydrogen (secondary N) is 1. The predicted molar refractivity (Wildman–Crippen MR) is 40.7 cm³/mol. The monoisotopic (exact) mass is 192 g/mol. The molecule has 0 atom stereocenters. The lowest BCUT2D eigenvalue weighted by atomic mass is 10.2. The molecule has 0 radical (unpaired) electrons. The van der Waals surface area contributed by atoms with Crippen molar-refractivity contribution in [3.05, 3.63) is 23.5 Å². The third kappa shape index (κ3) is 1.52. The maximum Gasteiger partial charge on any atom is 0.205 e. The average Bonchev–Trinajstić information content (AvgIpc) is 2.13. The molecule has 1 aromatic carbocycles. The molecule has 0 aliphatic carbocycles. The third-order valence-electron chi connectivity index (χ3n) is 1.48. The minimum absolute atomic E-state index is 0.154. The van der Waals surface area contributed by atoms with Crippen LogP contribution in [0, 0.1) is 17.5 Å². The second-order valence-corrected chi connectivity index (χ2v) is 2.21. The summed E-state index contributed by atoms with van der Waals surface area (Å²) < 4.78 is 42.5. The molecule has 0 aromatic heterocycles. The Labute approximate surface area is 72.3 Å². The van der Waals surface area contributed by atoms with Crippen LogP contribution in [-0.2, 0) is 0 Å². The van der Waals surface area contributed by atoms with Gasteiger partial charge in [-0.25, -0.2) is 8.78 Å². The number of ether oxygens (including phenoxy) is 1. The van der Waals surface area contributed by atoms with E-state index in [1.807, 2.05) is 5.43 Å². The van der Waals surface area contributed by atoms with Crippen molar-refractivity contribution in [3.63, 3.8) is 0 Å². The molecule has 1 rings (SSSR count). The normalized spacial score (nSPS) is 9.92. The lowest BCUT2D eigenvalue weighted by Crippen LogP contribution is -2.10. The van der Waals surface area contributed by atoms with Crippen LogP contribution in [0.3, 0.4) is 0 Å². The maximum atomic E-state index is 12.9. The van der Waals surface area contributed by atoms with E-state index in [4.69, 9.17) is 5.84 Å². The zero-order chi connectivity index (χ0) is 10.0. The van der Waals surface area contributed by atoms with E-state index in [1.165, 1.54) is 0 Å². The SMILES string of the molecule is COc1c(NN)cc(F)c(F)c1F. The number of rotatable bonds is 2. The van der Waals surface area contributed by atoms with Crippen molar-refractivity contribution in [1.29, 1.82) is 0 Å². The summed E-state index contributed by atoms with van der Waals surface area (Å²) >= 11 is 0. The number of anilines is 1. The van der Waals surface area contributed by atoms with Crippen LogP contribution in [0.5, 0.6) is 5.75 Å². The molecule has 6 heteroatoms. The van der Waals surface area contributed by atoms with Gasteiger partial charge in [0.2, 0.25) is 5.82 Å². The Kier molecular flexibility index (Phi) is 2.62. The lowest BCUT2D eigenvalue weighted by Gasteiger charge is -2.09. The van der Waals surface area contributed by atoms with Crippen LogP contribution in [-0.4, -0.2) is 7.11 Å².